The molecule has 2 aromatic carbocycles. The molecule has 0 spiro atoms. The maximum Gasteiger partial charge on any atom is 0.292 e. The van der Waals surface area contributed by atoms with E-state index in [1.165, 1.54) is 12.1 Å². The Morgan fingerprint density at radius 2 is 1.75 bits per heavy atom. The van der Waals surface area contributed by atoms with Gasteiger partial charge in [-0.15, -0.1) is 0 Å². The van der Waals surface area contributed by atoms with Gasteiger partial charge >= 0.3 is 0 Å². The number of nitrogens with zero attached hydrogens (tertiary/aromatic N) is 3. The van der Waals surface area contributed by atoms with Gasteiger partial charge in [-0.2, -0.15) is 0 Å². The zero-order valence-electron chi connectivity index (χ0n) is 18.1. The van der Waals surface area contributed by atoms with Crippen LogP contribution in [0.5, 0.6) is 5.75 Å². The van der Waals surface area contributed by atoms with Gasteiger partial charge in [0, 0.05) is 38.3 Å². The highest BCUT2D eigenvalue weighted by molar-refractivity contribution is 5.95. The number of anilines is 1. The first kappa shape index (κ1) is 22.8. The van der Waals surface area contributed by atoms with Crippen LogP contribution in [-0.2, 0) is 9.59 Å². The van der Waals surface area contributed by atoms with Gasteiger partial charge in [-0.3, -0.25) is 19.7 Å². The molecule has 0 unspecified atom stereocenters. The SMILES string of the molecule is COc1ccc(/C=C\C(=O)N[C@H](C)C(=O)N2CCN(c3ccccc3[N+](=O)[O-])CC2)cc1. The number of nitro benzene ring substituents is 1. The lowest BCUT2D eigenvalue weighted by Crippen LogP contribution is -2.54. The van der Waals surface area contributed by atoms with Gasteiger partial charge in [-0.05, 0) is 36.8 Å². The van der Waals surface area contributed by atoms with Crippen LogP contribution >= 0.6 is 0 Å². The predicted molar refractivity (Wildman–Crippen MR) is 122 cm³/mol. The molecule has 0 bridgehead atoms. The fourth-order valence-corrected chi connectivity index (χ4v) is 3.54. The van der Waals surface area contributed by atoms with E-state index in [9.17, 15) is 19.7 Å². The number of ether oxygens (including phenoxy) is 1. The molecule has 1 aliphatic rings. The molecule has 0 aliphatic carbocycles. The summed E-state index contributed by atoms with van der Waals surface area (Å²) in [5, 5.41) is 14.0. The molecule has 1 fully saturated rings. The Morgan fingerprint density at radius 1 is 1.09 bits per heavy atom. The molecule has 168 valence electrons. The standard InChI is InChI=1S/C23H26N4O5/c1-17(24-22(28)12-9-18-7-10-19(32-2)11-8-18)23(29)26-15-13-25(14-16-26)20-5-3-4-6-21(20)27(30)31/h3-12,17H,13-16H2,1-2H3,(H,24,28)/b12-9-/t17-/m1/s1. The number of hydrogen-bond acceptors (Lipinski definition) is 6. The van der Waals surface area contributed by atoms with Crippen molar-refractivity contribution in [1.29, 1.82) is 0 Å². The number of para-hydroxylation sites is 2. The van der Waals surface area contributed by atoms with Crippen LogP contribution < -0.4 is 15.0 Å². The first-order valence-corrected chi connectivity index (χ1v) is 10.3. The van der Waals surface area contributed by atoms with E-state index < -0.39 is 11.0 Å². The van der Waals surface area contributed by atoms with Crippen molar-refractivity contribution in [2.75, 3.05) is 38.2 Å². The van der Waals surface area contributed by atoms with Crippen LogP contribution in [0, 0.1) is 10.1 Å². The smallest absolute Gasteiger partial charge is 0.292 e. The Bertz CT molecular complexity index is 998. The lowest BCUT2D eigenvalue weighted by Gasteiger charge is -2.36. The summed E-state index contributed by atoms with van der Waals surface area (Å²) >= 11 is 0. The first-order chi connectivity index (χ1) is 15.4. The third-order valence-electron chi connectivity index (χ3n) is 5.28. The van der Waals surface area contributed by atoms with Gasteiger partial charge in [0.05, 0.1) is 12.0 Å². The van der Waals surface area contributed by atoms with Gasteiger partial charge in [0.2, 0.25) is 11.8 Å². The summed E-state index contributed by atoms with van der Waals surface area (Å²) in [6.45, 7) is 3.46. The van der Waals surface area contributed by atoms with Crippen molar-refractivity contribution in [1.82, 2.24) is 10.2 Å². The van der Waals surface area contributed by atoms with Crippen molar-refractivity contribution >= 4 is 29.3 Å². The molecule has 3 rings (SSSR count). The molecule has 2 amide bonds. The van der Waals surface area contributed by atoms with Crippen molar-refractivity contribution in [2.24, 2.45) is 0 Å². The van der Waals surface area contributed by atoms with Gasteiger partial charge in [-0.25, -0.2) is 0 Å². The van der Waals surface area contributed by atoms with E-state index >= 15 is 0 Å². The fourth-order valence-electron chi connectivity index (χ4n) is 3.54. The number of piperazine rings is 1. The zero-order chi connectivity index (χ0) is 23.1. The summed E-state index contributed by atoms with van der Waals surface area (Å²) in [5.41, 5.74) is 1.44. The Morgan fingerprint density at radius 3 is 2.38 bits per heavy atom. The average molecular weight is 438 g/mol. The third-order valence-corrected chi connectivity index (χ3v) is 5.28. The van der Waals surface area contributed by atoms with Crippen LogP contribution in [0.2, 0.25) is 0 Å². The first-order valence-electron chi connectivity index (χ1n) is 10.3. The van der Waals surface area contributed by atoms with Crippen LogP contribution in [0.3, 0.4) is 0 Å². The molecule has 32 heavy (non-hydrogen) atoms. The van der Waals surface area contributed by atoms with Gasteiger partial charge in [0.15, 0.2) is 0 Å². The number of rotatable bonds is 7. The Labute approximate surface area is 186 Å². The second-order valence-corrected chi connectivity index (χ2v) is 7.39. The van der Waals surface area contributed by atoms with Gasteiger partial charge in [0.25, 0.3) is 5.69 Å². The summed E-state index contributed by atoms with van der Waals surface area (Å²) in [4.78, 5) is 39.4. The zero-order valence-corrected chi connectivity index (χ0v) is 18.1. The number of benzene rings is 2. The van der Waals surface area contributed by atoms with Crippen LogP contribution in [0.25, 0.3) is 6.08 Å². The van der Waals surface area contributed by atoms with Crippen molar-refractivity contribution in [3.05, 3.63) is 70.3 Å². The second kappa shape index (κ2) is 10.4. The molecule has 2 aromatic rings. The minimum Gasteiger partial charge on any atom is -0.497 e. The molecule has 1 aliphatic heterocycles. The van der Waals surface area contributed by atoms with Crippen molar-refractivity contribution in [2.45, 2.75) is 13.0 Å². The second-order valence-electron chi connectivity index (χ2n) is 7.39. The number of amides is 2. The highest BCUT2D eigenvalue weighted by Crippen LogP contribution is 2.28. The lowest BCUT2D eigenvalue weighted by atomic mass is 10.2. The number of carbonyl (C=O) groups is 2. The summed E-state index contributed by atoms with van der Waals surface area (Å²) < 4.78 is 5.10. The largest absolute Gasteiger partial charge is 0.497 e. The monoisotopic (exact) mass is 438 g/mol. The van der Waals surface area contributed by atoms with Crippen molar-refractivity contribution in [3.8, 4) is 5.75 Å². The minimum absolute atomic E-state index is 0.0524. The molecule has 0 aromatic heterocycles. The molecule has 1 heterocycles. The highest BCUT2D eigenvalue weighted by atomic mass is 16.6. The Kier molecular flexibility index (Phi) is 7.43. The number of nitro groups is 1. The summed E-state index contributed by atoms with van der Waals surface area (Å²) in [6.07, 6.45) is 3.05. The third kappa shape index (κ3) is 5.63. The van der Waals surface area contributed by atoms with E-state index in [1.807, 2.05) is 17.0 Å². The number of hydrogen-bond donors (Lipinski definition) is 1. The van der Waals surface area contributed by atoms with Gasteiger partial charge < -0.3 is 19.9 Å². The summed E-state index contributed by atoms with van der Waals surface area (Å²) in [5.74, 6) is 0.186. The molecule has 1 atom stereocenters. The quantitative estimate of drug-likeness (QED) is 0.405. The van der Waals surface area contributed by atoms with Crippen LogP contribution in [-0.4, -0.2) is 61.0 Å². The van der Waals surface area contributed by atoms with Gasteiger partial charge in [-0.1, -0.05) is 24.3 Å². The molecule has 9 nitrogen and oxygen atoms in total. The topological polar surface area (TPSA) is 105 Å². The number of carbonyl (C=O) groups excluding carboxylic acids is 2. The lowest BCUT2D eigenvalue weighted by molar-refractivity contribution is -0.384. The molecular formula is C23H26N4O5. The molecular weight excluding hydrogens is 412 g/mol. The van der Waals surface area contributed by atoms with E-state index in [0.29, 0.717) is 31.9 Å². The summed E-state index contributed by atoms with van der Waals surface area (Å²) in [6, 6.07) is 13.2. The van der Waals surface area contributed by atoms with Crippen LogP contribution in [0.1, 0.15) is 12.5 Å². The summed E-state index contributed by atoms with van der Waals surface area (Å²) in [7, 11) is 1.59. The maximum atomic E-state index is 12.7. The maximum absolute atomic E-state index is 12.7. The normalized spacial score (nSPS) is 14.8. The van der Waals surface area contributed by atoms with E-state index in [2.05, 4.69) is 5.32 Å². The van der Waals surface area contributed by atoms with E-state index in [1.54, 1.807) is 55.3 Å². The van der Waals surface area contributed by atoms with Gasteiger partial charge in [0.1, 0.15) is 17.5 Å². The molecule has 0 saturated carbocycles. The Balaban J connectivity index is 1.51. The highest BCUT2D eigenvalue weighted by Gasteiger charge is 2.28. The van der Waals surface area contributed by atoms with Crippen LogP contribution in [0.15, 0.2) is 54.6 Å². The number of nitrogens with one attached hydrogen (secondary N) is 1. The molecule has 9 heteroatoms. The fraction of sp³-hybridized carbons (Fsp3) is 0.304. The molecule has 1 N–H and O–H groups in total. The number of methoxy groups -OCH3 is 1. The van der Waals surface area contributed by atoms with Crippen molar-refractivity contribution in [3.63, 3.8) is 0 Å². The van der Waals surface area contributed by atoms with E-state index in [-0.39, 0.29) is 17.5 Å². The minimum atomic E-state index is -0.680. The molecule has 0 radical (unpaired) electrons. The predicted octanol–water partition coefficient (Wildman–Crippen LogP) is 2.47. The molecule has 1 saturated heterocycles. The van der Waals surface area contributed by atoms with Crippen molar-refractivity contribution < 1.29 is 19.2 Å². The average Bonchev–Trinajstić information content (AvgIpc) is 2.82. The van der Waals surface area contributed by atoms with E-state index in [0.717, 1.165) is 11.3 Å². The van der Waals surface area contributed by atoms with E-state index in [4.69, 9.17) is 4.74 Å². The van der Waals surface area contributed by atoms with Crippen LogP contribution in [0.4, 0.5) is 11.4 Å². The Hall–Kier alpha value is -3.88.